The number of rotatable bonds is 5. The lowest BCUT2D eigenvalue weighted by molar-refractivity contribution is 0.0945. The lowest BCUT2D eigenvalue weighted by Crippen LogP contribution is -2.25. The summed E-state index contributed by atoms with van der Waals surface area (Å²) in [5.74, 6) is -0.418. The molecule has 8 heteroatoms. The third-order valence-electron chi connectivity index (χ3n) is 3.35. The van der Waals surface area contributed by atoms with Gasteiger partial charge in [-0.1, -0.05) is 12.1 Å². The fourth-order valence-electron chi connectivity index (χ4n) is 2.10. The van der Waals surface area contributed by atoms with E-state index in [1.54, 1.807) is 36.4 Å². The van der Waals surface area contributed by atoms with Gasteiger partial charge in [-0.15, -0.1) is 0 Å². The third kappa shape index (κ3) is 3.99. The van der Waals surface area contributed by atoms with Crippen LogP contribution in [0.25, 0.3) is 0 Å². The van der Waals surface area contributed by atoms with Gasteiger partial charge in [0, 0.05) is 24.6 Å². The molecular weight excluding hydrogens is 322 g/mol. The highest BCUT2D eigenvalue weighted by atomic mass is 16.3. The number of nitrogen functional groups attached to an aromatic ring is 1. The minimum atomic E-state index is -0.402. The molecule has 0 saturated carbocycles. The Hall–Kier alpha value is -3.68. The zero-order valence-corrected chi connectivity index (χ0v) is 13.1. The summed E-state index contributed by atoms with van der Waals surface area (Å²) < 4.78 is 5.03. The molecule has 0 aliphatic heterocycles. The van der Waals surface area contributed by atoms with E-state index < -0.39 is 5.91 Å². The number of nitrogens with one attached hydrogen (secondary N) is 2. The van der Waals surface area contributed by atoms with Gasteiger partial charge in [0.25, 0.3) is 11.8 Å². The molecule has 25 heavy (non-hydrogen) atoms. The molecule has 8 nitrogen and oxygen atoms in total. The van der Waals surface area contributed by atoms with Crippen LogP contribution in [0.1, 0.15) is 26.6 Å². The van der Waals surface area contributed by atoms with E-state index in [1.165, 1.54) is 18.7 Å². The van der Waals surface area contributed by atoms with Crippen LogP contribution in [0.3, 0.4) is 0 Å². The molecule has 0 radical (unpaired) electrons. The minimum absolute atomic E-state index is 0.0796. The molecule has 2 aromatic heterocycles. The van der Waals surface area contributed by atoms with Crippen LogP contribution in [0.4, 0.5) is 11.5 Å². The predicted molar refractivity (Wildman–Crippen MR) is 90.7 cm³/mol. The molecular formula is C17H15N5O3. The van der Waals surface area contributed by atoms with Crippen molar-refractivity contribution in [2.24, 2.45) is 0 Å². The molecule has 3 rings (SSSR count). The van der Waals surface area contributed by atoms with E-state index in [-0.39, 0.29) is 23.2 Å². The molecule has 2 heterocycles. The summed E-state index contributed by atoms with van der Waals surface area (Å²) in [6.07, 6.45) is 4.26. The number of benzene rings is 1. The Morgan fingerprint density at radius 3 is 2.48 bits per heavy atom. The monoisotopic (exact) mass is 337 g/mol. The van der Waals surface area contributed by atoms with Crippen LogP contribution in [0.15, 0.2) is 59.5 Å². The number of carbonyl (C=O) groups is 2. The molecule has 1 aromatic carbocycles. The van der Waals surface area contributed by atoms with Gasteiger partial charge in [-0.25, -0.2) is 9.97 Å². The van der Waals surface area contributed by atoms with Gasteiger partial charge in [0.15, 0.2) is 17.3 Å². The van der Waals surface area contributed by atoms with Crippen LogP contribution in [-0.4, -0.2) is 21.8 Å². The Morgan fingerprint density at radius 2 is 1.80 bits per heavy atom. The number of nitrogens with zero attached hydrogens (tertiary/aromatic N) is 2. The van der Waals surface area contributed by atoms with Gasteiger partial charge in [-0.2, -0.15) is 0 Å². The van der Waals surface area contributed by atoms with Crippen molar-refractivity contribution in [3.05, 3.63) is 72.1 Å². The van der Waals surface area contributed by atoms with Gasteiger partial charge >= 0.3 is 0 Å². The lowest BCUT2D eigenvalue weighted by Gasteiger charge is -2.07. The molecule has 0 atom stereocenters. The van der Waals surface area contributed by atoms with E-state index in [9.17, 15) is 9.59 Å². The third-order valence-corrected chi connectivity index (χ3v) is 3.35. The summed E-state index contributed by atoms with van der Waals surface area (Å²) in [4.78, 5) is 31.6. The maximum Gasteiger partial charge on any atom is 0.291 e. The van der Waals surface area contributed by atoms with Crippen LogP contribution in [0, 0.1) is 0 Å². The standard InChI is InChI=1S/C17H15N5O3/c18-15-14(19-7-8-20-15)17(24)21-10-11-3-5-12(6-4-11)22-16(23)13-2-1-9-25-13/h1-9H,10H2,(H2,18,20)(H,21,24)(H,22,23). The van der Waals surface area contributed by atoms with E-state index in [0.717, 1.165) is 5.56 Å². The largest absolute Gasteiger partial charge is 0.459 e. The van der Waals surface area contributed by atoms with E-state index in [2.05, 4.69) is 20.6 Å². The van der Waals surface area contributed by atoms with Crippen LogP contribution >= 0.6 is 0 Å². The van der Waals surface area contributed by atoms with Crippen LogP contribution in [0.2, 0.25) is 0 Å². The van der Waals surface area contributed by atoms with Crippen molar-refractivity contribution in [2.75, 3.05) is 11.1 Å². The molecule has 0 aliphatic carbocycles. The quantitative estimate of drug-likeness (QED) is 0.653. The summed E-state index contributed by atoms with van der Waals surface area (Å²) in [5.41, 5.74) is 7.18. The Balaban J connectivity index is 1.57. The number of anilines is 2. The van der Waals surface area contributed by atoms with Gasteiger partial charge in [-0.05, 0) is 29.8 Å². The zero-order valence-electron chi connectivity index (χ0n) is 13.1. The first-order valence-corrected chi connectivity index (χ1v) is 7.42. The first-order chi connectivity index (χ1) is 12.1. The summed E-state index contributed by atoms with van der Waals surface area (Å²) >= 11 is 0. The second kappa shape index (κ2) is 7.26. The maximum atomic E-state index is 12.0. The van der Waals surface area contributed by atoms with Gasteiger partial charge < -0.3 is 20.8 Å². The molecule has 0 unspecified atom stereocenters. The predicted octanol–water partition coefficient (Wildman–Crippen LogP) is 1.83. The van der Waals surface area contributed by atoms with Crippen LogP contribution in [-0.2, 0) is 6.54 Å². The topological polar surface area (TPSA) is 123 Å². The Labute approximate surface area is 143 Å². The summed E-state index contributed by atoms with van der Waals surface area (Å²) in [7, 11) is 0. The highest BCUT2D eigenvalue weighted by Gasteiger charge is 2.12. The van der Waals surface area contributed by atoms with Crippen molar-refractivity contribution in [1.29, 1.82) is 0 Å². The molecule has 3 aromatic rings. The van der Waals surface area contributed by atoms with E-state index in [0.29, 0.717) is 12.2 Å². The molecule has 4 N–H and O–H groups in total. The van der Waals surface area contributed by atoms with E-state index >= 15 is 0 Å². The number of amides is 2. The van der Waals surface area contributed by atoms with Gasteiger partial charge in [0.2, 0.25) is 0 Å². The van der Waals surface area contributed by atoms with Crippen molar-refractivity contribution < 1.29 is 14.0 Å². The zero-order chi connectivity index (χ0) is 17.6. The second-order valence-electron chi connectivity index (χ2n) is 5.10. The molecule has 0 bridgehead atoms. The number of carbonyl (C=O) groups excluding carboxylic acids is 2. The molecule has 126 valence electrons. The Kier molecular flexibility index (Phi) is 4.70. The SMILES string of the molecule is Nc1nccnc1C(=O)NCc1ccc(NC(=O)c2ccco2)cc1. The van der Waals surface area contributed by atoms with Crippen LogP contribution in [0.5, 0.6) is 0 Å². The number of furan rings is 1. The summed E-state index contributed by atoms with van der Waals surface area (Å²) in [6.45, 7) is 0.293. The van der Waals surface area contributed by atoms with Crippen molar-refractivity contribution in [3.8, 4) is 0 Å². The average Bonchev–Trinajstić information content (AvgIpc) is 3.16. The van der Waals surface area contributed by atoms with Crippen molar-refractivity contribution in [3.63, 3.8) is 0 Å². The fraction of sp³-hybridized carbons (Fsp3) is 0.0588. The lowest BCUT2D eigenvalue weighted by atomic mass is 10.2. The minimum Gasteiger partial charge on any atom is -0.459 e. The van der Waals surface area contributed by atoms with E-state index in [4.69, 9.17) is 10.2 Å². The fourth-order valence-corrected chi connectivity index (χ4v) is 2.10. The number of hydrogen-bond acceptors (Lipinski definition) is 6. The highest BCUT2D eigenvalue weighted by molar-refractivity contribution is 6.02. The summed E-state index contributed by atoms with van der Waals surface area (Å²) in [5, 5.41) is 5.43. The van der Waals surface area contributed by atoms with Crippen molar-refractivity contribution >= 4 is 23.3 Å². The van der Waals surface area contributed by atoms with Gasteiger partial charge in [0.05, 0.1) is 6.26 Å². The van der Waals surface area contributed by atoms with E-state index in [1.807, 2.05) is 0 Å². The second-order valence-corrected chi connectivity index (χ2v) is 5.10. The summed E-state index contributed by atoms with van der Waals surface area (Å²) in [6, 6.07) is 10.3. The number of hydrogen-bond donors (Lipinski definition) is 3. The smallest absolute Gasteiger partial charge is 0.291 e. The van der Waals surface area contributed by atoms with Gasteiger partial charge in [0.1, 0.15) is 0 Å². The van der Waals surface area contributed by atoms with Crippen LogP contribution < -0.4 is 16.4 Å². The Bertz CT molecular complexity index is 876. The molecule has 0 spiro atoms. The molecule has 0 aliphatic rings. The highest BCUT2D eigenvalue weighted by Crippen LogP contribution is 2.12. The first-order valence-electron chi connectivity index (χ1n) is 7.42. The van der Waals surface area contributed by atoms with Gasteiger partial charge in [-0.3, -0.25) is 9.59 Å². The molecule has 0 saturated heterocycles. The van der Waals surface area contributed by atoms with Crippen molar-refractivity contribution in [1.82, 2.24) is 15.3 Å². The number of aromatic nitrogens is 2. The van der Waals surface area contributed by atoms with Crippen molar-refractivity contribution in [2.45, 2.75) is 6.54 Å². The average molecular weight is 337 g/mol. The molecule has 0 fully saturated rings. The normalized spacial score (nSPS) is 10.2. The number of nitrogens with two attached hydrogens (primary N) is 1. The molecule has 2 amide bonds. The Morgan fingerprint density at radius 1 is 1.04 bits per heavy atom. The first kappa shape index (κ1) is 16.2. The maximum absolute atomic E-state index is 12.0.